The zero-order valence-electron chi connectivity index (χ0n) is 16.6. The molecule has 0 aliphatic rings. The Balaban J connectivity index is 1.88. The fraction of sp³-hybridized carbons (Fsp3) is 0.300. The van der Waals surface area contributed by atoms with Crippen LogP contribution in [-0.4, -0.2) is 32.5 Å². The number of fused-ring (bicyclic) bond motifs is 1. The van der Waals surface area contributed by atoms with E-state index in [0.29, 0.717) is 38.9 Å². The topological polar surface area (TPSA) is 108 Å². The molecule has 0 saturated carbocycles. The molecule has 0 radical (unpaired) electrons. The van der Waals surface area contributed by atoms with Crippen molar-refractivity contribution in [2.24, 2.45) is 0 Å². The average molecular weight is 416 g/mol. The van der Waals surface area contributed by atoms with Crippen molar-refractivity contribution in [3.05, 3.63) is 62.2 Å². The molecule has 0 fully saturated rings. The van der Waals surface area contributed by atoms with Crippen LogP contribution in [0.15, 0.2) is 29.1 Å². The number of hydrogen-bond acceptors (Lipinski definition) is 4. The van der Waals surface area contributed by atoms with Gasteiger partial charge in [0, 0.05) is 34.1 Å². The predicted octanol–water partition coefficient (Wildman–Crippen LogP) is 2.61. The van der Waals surface area contributed by atoms with Gasteiger partial charge in [-0.05, 0) is 45.9 Å². The van der Waals surface area contributed by atoms with E-state index < -0.39 is 0 Å². The maximum absolute atomic E-state index is 12.7. The Hall–Kier alpha value is -3.13. The number of carbonyl (C=O) groups excluding carboxylic acids is 2. The van der Waals surface area contributed by atoms with Gasteiger partial charge in [-0.3, -0.25) is 19.5 Å². The lowest BCUT2D eigenvalue weighted by atomic mass is 10.1. The largest absolute Gasteiger partial charge is 0.350 e. The lowest BCUT2D eigenvalue weighted by Crippen LogP contribution is -2.31. The molecular formula is C20H22ClN5O3. The molecule has 0 atom stereocenters. The number of H-pyrrole nitrogens is 1. The van der Waals surface area contributed by atoms with Gasteiger partial charge in [-0.25, -0.2) is 9.50 Å². The molecule has 152 valence electrons. The van der Waals surface area contributed by atoms with Gasteiger partial charge >= 0.3 is 0 Å². The lowest BCUT2D eigenvalue weighted by Gasteiger charge is -2.15. The van der Waals surface area contributed by atoms with E-state index >= 15 is 0 Å². The number of nitrogens with zero attached hydrogens (tertiary/aromatic N) is 2. The van der Waals surface area contributed by atoms with Crippen LogP contribution in [0.1, 0.15) is 41.2 Å². The molecular weight excluding hydrogens is 394 g/mol. The van der Waals surface area contributed by atoms with E-state index in [-0.39, 0.29) is 29.8 Å². The van der Waals surface area contributed by atoms with Gasteiger partial charge < -0.3 is 10.6 Å². The SMILES string of the molecule is Cc1nc2cc(=O)[nH]n2c(C)c1CC(=O)Nc1cc(Cl)ccc1C(=O)NC(C)C. The molecule has 3 rings (SSSR count). The summed E-state index contributed by atoms with van der Waals surface area (Å²) in [4.78, 5) is 41.1. The number of aromatic amines is 1. The first kappa shape index (κ1) is 20.6. The predicted molar refractivity (Wildman–Crippen MR) is 112 cm³/mol. The molecule has 0 spiro atoms. The number of aromatic nitrogens is 3. The Morgan fingerprint density at radius 2 is 1.97 bits per heavy atom. The molecule has 0 bridgehead atoms. The minimum Gasteiger partial charge on any atom is -0.350 e. The summed E-state index contributed by atoms with van der Waals surface area (Å²) in [5.41, 5.74) is 2.96. The van der Waals surface area contributed by atoms with Gasteiger partial charge in [-0.1, -0.05) is 11.6 Å². The van der Waals surface area contributed by atoms with E-state index in [9.17, 15) is 14.4 Å². The number of hydrogen-bond donors (Lipinski definition) is 3. The summed E-state index contributed by atoms with van der Waals surface area (Å²) < 4.78 is 1.55. The molecule has 8 nitrogen and oxygen atoms in total. The van der Waals surface area contributed by atoms with Crippen molar-refractivity contribution in [2.45, 2.75) is 40.2 Å². The highest BCUT2D eigenvalue weighted by molar-refractivity contribution is 6.31. The van der Waals surface area contributed by atoms with Crippen LogP contribution in [0.25, 0.3) is 5.65 Å². The molecule has 1 aromatic carbocycles. The van der Waals surface area contributed by atoms with E-state index in [4.69, 9.17) is 11.6 Å². The van der Waals surface area contributed by atoms with Crippen molar-refractivity contribution in [3.63, 3.8) is 0 Å². The van der Waals surface area contributed by atoms with Crippen molar-refractivity contribution in [1.82, 2.24) is 19.9 Å². The highest BCUT2D eigenvalue weighted by Gasteiger charge is 2.18. The van der Waals surface area contributed by atoms with Crippen LogP contribution in [-0.2, 0) is 11.2 Å². The van der Waals surface area contributed by atoms with Crippen molar-refractivity contribution in [3.8, 4) is 0 Å². The Labute approximate surface area is 172 Å². The summed E-state index contributed by atoms with van der Waals surface area (Å²) in [6.45, 7) is 7.30. The second-order valence-electron chi connectivity index (χ2n) is 7.12. The van der Waals surface area contributed by atoms with Crippen LogP contribution in [0.2, 0.25) is 5.02 Å². The maximum Gasteiger partial charge on any atom is 0.266 e. The Morgan fingerprint density at radius 3 is 2.66 bits per heavy atom. The number of amides is 2. The summed E-state index contributed by atoms with van der Waals surface area (Å²) in [7, 11) is 0. The van der Waals surface area contributed by atoms with Crippen LogP contribution >= 0.6 is 11.6 Å². The number of benzene rings is 1. The van der Waals surface area contributed by atoms with E-state index in [2.05, 4.69) is 20.7 Å². The summed E-state index contributed by atoms with van der Waals surface area (Å²) >= 11 is 6.06. The van der Waals surface area contributed by atoms with Crippen LogP contribution in [0.4, 0.5) is 5.69 Å². The van der Waals surface area contributed by atoms with Gasteiger partial charge in [0.2, 0.25) is 5.91 Å². The molecule has 0 aliphatic carbocycles. The summed E-state index contributed by atoms with van der Waals surface area (Å²) in [6, 6.07) is 6.06. The molecule has 3 N–H and O–H groups in total. The van der Waals surface area contributed by atoms with Gasteiger partial charge in [0.05, 0.1) is 17.7 Å². The van der Waals surface area contributed by atoms with Gasteiger partial charge in [0.15, 0.2) is 5.65 Å². The molecule has 0 saturated heterocycles. The first-order valence-electron chi connectivity index (χ1n) is 9.14. The van der Waals surface area contributed by atoms with Crippen molar-refractivity contribution in [2.75, 3.05) is 5.32 Å². The third-order valence-electron chi connectivity index (χ3n) is 4.46. The van der Waals surface area contributed by atoms with E-state index in [1.54, 1.807) is 36.6 Å². The third kappa shape index (κ3) is 4.48. The average Bonchev–Trinajstić information content (AvgIpc) is 2.98. The number of aryl methyl sites for hydroxylation is 2. The van der Waals surface area contributed by atoms with Crippen LogP contribution < -0.4 is 16.2 Å². The standard InChI is InChI=1S/C20H22ClN5O3/c1-10(2)22-20(29)14-6-5-13(21)7-16(14)24-18(27)8-15-11(3)23-17-9-19(28)25-26(17)12(15)4/h5-7,9-10H,8H2,1-4H3,(H,22,29)(H,24,27)(H,25,28). The first-order chi connectivity index (χ1) is 13.7. The second-order valence-corrected chi connectivity index (χ2v) is 7.55. The molecule has 9 heteroatoms. The Bertz CT molecular complexity index is 1160. The number of halogens is 1. The highest BCUT2D eigenvalue weighted by Crippen LogP contribution is 2.22. The second kappa shape index (κ2) is 8.08. The number of carbonyl (C=O) groups is 2. The van der Waals surface area contributed by atoms with Crippen molar-refractivity contribution >= 4 is 34.7 Å². The van der Waals surface area contributed by atoms with Gasteiger partial charge in [0.25, 0.3) is 11.5 Å². The van der Waals surface area contributed by atoms with Crippen molar-refractivity contribution < 1.29 is 9.59 Å². The van der Waals surface area contributed by atoms with E-state index in [1.165, 1.54) is 6.07 Å². The monoisotopic (exact) mass is 415 g/mol. The van der Waals surface area contributed by atoms with Crippen molar-refractivity contribution in [1.29, 1.82) is 0 Å². The van der Waals surface area contributed by atoms with E-state index in [1.807, 2.05) is 13.8 Å². The van der Waals surface area contributed by atoms with Crippen LogP contribution in [0.5, 0.6) is 0 Å². The maximum atomic E-state index is 12.7. The summed E-state index contributed by atoms with van der Waals surface area (Å²) in [5, 5.41) is 8.64. The normalized spacial score (nSPS) is 11.1. The van der Waals surface area contributed by atoms with E-state index in [0.717, 1.165) is 0 Å². The number of anilines is 1. The molecule has 2 aromatic heterocycles. The molecule has 2 heterocycles. The van der Waals surface area contributed by atoms with Gasteiger partial charge in [-0.2, -0.15) is 0 Å². The Morgan fingerprint density at radius 1 is 1.24 bits per heavy atom. The van der Waals surface area contributed by atoms with Crippen LogP contribution in [0.3, 0.4) is 0 Å². The number of rotatable bonds is 5. The molecule has 0 aliphatic heterocycles. The third-order valence-corrected chi connectivity index (χ3v) is 4.69. The van der Waals surface area contributed by atoms with Crippen LogP contribution in [0, 0.1) is 13.8 Å². The quantitative estimate of drug-likeness (QED) is 0.595. The fourth-order valence-electron chi connectivity index (χ4n) is 3.12. The smallest absolute Gasteiger partial charge is 0.266 e. The zero-order valence-corrected chi connectivity index (χ0v) is 17.3. The zero-order chi connectivity index (χ0) is 21.3. The molecule has 0 unspecified atom stereocenters. The minimum atomic E-state index is -0.326. The van der Waals surface area contributed by atoms with Gasteiger partial charge in [-0.15, -0.1) is 0 Å². The molecule has 3 aromatic rings. The molecule has 2 amide bonds. The number of nitrogens with one attached hydrogen (secondary N) is 3. The Kier molecular flexibility index (Phi) is 5.74. The molecule has 29 heavy (non-hydrogen) atoms. The lowest BCUT2D eigenvalue weighted by molar-refractivity contribution is -0.115. The van der Waals surface area contributed by atoms with Gasteiger partial charge in [0.1, 0.15) is 0 Å². The highest BCUT2D eigenvalue weighted by atomic mass is 35.5. The fourth-order valence-corrected chi connectivity index (χ4v) is 3.30. The minimum absolute atomic E-state index is 0.0264. The first-order valence-corrected chi connectivity index (χ1v) is 9.51. The summed E-state index contributed by atoms with van der Waals surface area (Å²) in [5.74, 6) is -0.625. The summed E-state index contributed by atoms with van der Waals surface area (Å²) in [6.07, 6.45) is 0.0264.